The summed E-state index contributed by atoms with van der Waals surface area (Å²) in [5, 5.41) is 11.8. The fraction of sp³-hybridized carbons (Fsp3) is 0.146. The number of imide groups is 1. The van der Waals surface area contributed by atoms with Crippen LogP contribution in [-0.4, -0.2) is 36.7 Å². The number of ether oxygens (including phenoxy) is 2. The molecule has 2 bridgehead atoms. The highest BCUT2D eigenvalue weighted by Gasteiger charge is 2.82. The van der Waals surface area contributed by atoms with Gasteiger partial charge < -0.3 is 9.47 Å². The molecule has 0 N–H and O–H groups in total. The molecule has 2 fully saturated rings. The molecule has 0 radical (unpaired) electrons. The van der Waals surface area contributed by atoms with Gasteiger partial charge in [0.05, 0.1) is 47.5 Å². The van der Waals surface area contributed by atoms with Gasteiger partial charge in [0, 0.05) is 12.1 Å². The first kappa shape index (κ1) is 31.0. The third kappa shape index (κ3) is 3.97. The van der Waals surface area contributed by atoms with Crippen molar-refractivity contribution in [2.75, 3.05) is 19.1 Å². The molecule has 5 aromatic rings. The van der Waals surface area contributed by atoms with Gasteiger partial charge in [-0.05, 0) is 63.7 Å². The van der Waals surface area contributed by atoms with E-state index in [2.05, 4.69) is 0 Å². The van der Waals surface area contributed by atoms with Gasteiger partial charge in [0.1, 0.15) is 11.5 Å². The first-order valence-electron chi connectivity index (χ1n) is 16.1. The van der Waals surface area contributed by atoms with Gasteiger partial charge in [0.25, 0.3) is 5.69 Å². The molecule has 5 aromatic carbocycles. The largest absolute Gasteiger partial charge is 0.497 e. The quantitative estimate of drug-likeness (QED) is 0.102. The summed E-state index contributed by atoms with van der Waals surface area (Å²) in [6.45, 7) is 0. The Hall–Kier alpha value is -6.35. The number of rotatable bonds is 8. The van der Waals surface area contributed by atoms with E-state index >= 15 is 14.4 Å². The van der Waals surface area contributed by atoms with Crippen LogP contribution in [0.15, 0.2) is 133 Å². The minimum atomic E-state index is -1.62. The molecule has 4 atom stereocenters. The van der Waals surface area contributed by atoms with E-state index in [0.29, 0.717) is 44.9 Å². The number of ketones is 1. The molecule has 0 aromatic heterocycles. The summed E-state index contributed by atoms with van der Waals surface area (Å²) in [4.78, 5) is 58.5. The van der Waals surface area contributed by atoms with Crippen LogP contribution in [0.3, 0.4) is 0 Å². The first-order chi connectivity index (χ1) is 24.3. The van der Waals surface area contributed by atoms with Crippen LogP contribution in [0.5, 0.6) is 11.5 Å². The maximum atomic E-state index is 16.0. The molecule has 1 heterocycles. The lowest BCUT2D eigenvalue weighted by atomic mass is 9.59. The highest BCUT2D eigenvalue weighted by molar-refractivity contribution is 6.39. The maximum Gasteiger partial charge on any atom is 0.271 e. The van der Waals surface area contributed by atoms with Crippen molar-refractivity contribution in [1.82, 2.24) is 0 Å². The van der Waals surface area contributed by atoms with Crippen molar-refractivity contribution >= 4 is 40.1 Å². The predicted molar refractivity (Wildman–Crippen MR) is 187 cm³/mol. The number of hydrogen-bond donors (Lipinski definition) is 0. The summed E-state index contributed by atoms with van der Waals surface area (Å²) in [6, 6.07) is 38.6. The molecule has 0 spiro atoms. The molecule has 0 unspecified atom stereocenters. The molecular weight excluding hydrogens is 632 g/mol. The molecule has 8 rings (SSSR count). The van der Waals surface area contributed by atoms with Gasteiger partial charge in [-0.3, -0.25) is 24.5 Å². The molecule has 2 aliphatic carbocycles. The Morgan fingerprint density at radius 1 is 0.600 bits per heavy atom. The summed E-state index contributed by atoms with van der Waals surface area (Å²) >= 11 is 0. The fourth-order valence-corrected chi connectivity index (χ4v) is 8.64. The second-order valence-corrected chi connectivity index (χ2v) is 12.6. The van der Waals surface area contributed by atoms with Crippen LogP contribution < -0.4 is 14.4 Å². The Morgan fingerprint density at radius 3 is 1.44 bits per heavy atom. The van der Waals surface area contributed by atoms with Gasteiger partial charge in [-0.1, -0.05) is 91.0 Å². The Morgan fingerprint density at radius 2 is 1.04 bits per heavy atom. The van der Waals surface area contributed by atoms with Crippen molar-refractivity contribution in [1.29, 1.82) is 0 Å². The van der Waals surface area contributed by atoms with Crippen molar-refractivity contribution in [2.45, 2.75) is 10.8 Å². The van der Waals surface area contributed by atoms with Crippen LogP contribution in [-0.2, 0) is 25.2 Å². The standard InChI is InChI=1S/C41H30N2O7/c1-49-31-20-16-25(17-21-31)33-34(26-18-22-32(50-2)23-19-26)41(28-12-7-4-8-13-28)36-35(40(33,39(41)46)27-10-5-3-6-11-27)37(44)42(38(36)45)29-14-9-15-30(24-29)43(47)48/h3-24,35-36H,1-2H3/t35-,36-,40-,41-/m1/s1. The highest BCUT2D eigenvalue weighted by Crippen LogP contribution is 2.74. The molecule has 1 saturated heterocycles. The number of amides is 2. The van der Waals surface area contributed by atoms with Crippen LogP contribution >= 0.6 is 0 Å². The number of nitro groups is 1. The second-order valence-electron chi connectivity index (χ2n) is 12.6. The van der Waals surface area contributed by atoms with E-state index < -0.39 is 39.4 Å². The third-order valence-corrected chi connectivity index (χ3v) is 10.5. The number of carbonyl (C=O) groups excluding carboxylic acids is 3. The summed E-state index contributed by atoms with van der Waals surface area (Å²) < 4.78 is 11.0. The number of carbonyl (C=O) groups is 3. The smallest absolute Gasteiger partial charge is 0.271 e. The van der Waals surface area contributed by atoms with Gasteiger partial charge in [-0.25, -0.2) is 4.90 Å². The number of benzene rings is 5. The normalized spacial score (nSPS) is 23.7. The Kier molecular flexibility index (Phi) is 7.04. The molecule has 246 valence electrons. The van der Waals surface area contributed by atoms with Crippen molar-refractivity contribution in [3.63, 3.8) is 0 Å². The average Bonchev–Trinajstić information content (AvgIpc) is 3.67. The summed E-state index contributed by atoms with van der Waals surface area (Å²) in [7, 11) is 3.15. The average molecular weight is 663 g/mol. The molecule has 1 saturated carbocycles. The van der Waals surface area contributed by atoms with Crippen molar-refractivity contribution in [3.8, 4) is 11.5 Å². The SMILES string of the molecule is COc1ccc(C2=C(c3ccc(OC)cc3)[C@@]3(c4ccccc4)C(=O)[C@@]2(c2ccccc2)[C@H]2C(=O)N(c4cccc([N+](=O)[O-])c4)C(=O)[C@@H]23)cc1. The molecule has 2 amide bonds. The van der Waals surface area contributed by atoms with E-state index in [-0.39, 0.29) is 17.2 Å². The van der Waals surface area contributed by atoms with Crippen molar-refractivity contribution in [2.24, 2.45) is 11.8 Å². The lowest BCUT2D eigenvalue weighted by Gasteiger charge is -2.39. The topological polar surface area (TPSA) is 116 Å². The molecule has 50 heavy (non-hydrogen) atoms. The van der Waals surface area contributed by atoms with E-state index in [9.17, 15) is 10.1 Å². The number of hydrogen-bond acceptors (Lipinski definition) is 7. The van der Waals surface area contributed by atoms with Gasteiger partial charge in [0.15, 0.2) is 5.78 Å². The van der Waals surface area contributed by atoms with Gasteiger partial charge in [-0.15, -0.1) is 0 Å². The number of allylic oxidation sites excluding steroid dienone is 2. The number of methoxy groups -OCH3 is 2. The zero-order valence-electron chi connectivity index (χ0n) is 27.1. The predicted octanol–water partition coefficient (Wildman–Crippen LogP) is 6.80. The van der Waals surface area contributed by atoms with E-state index in [1.807, 2.05) is 109 Å². The fourth-order valence-electron chi connectivity index (χ4n) is 8.64. The molecule has 9 nitrogen and oxygen atoms in total. The van der Waals surface area contributed by atoms with Gasteiger partial charge >= 0.3 is 0 Å². The van der Waals surface area contributed by atoms with Crippen molar-refractivity contribution < 1.29 is 28.8 Å². The molecule has 9 heteroatoms. The van der Waals surface area contributed by atoms with E-state index in [0.717, 1.165) is 4.90 Å². The van der Waals surface area contributed by atoms with E-state index in [1.54, 1.807) is 14.2 Å². The summed E-state index contributed by atoms with van der Waals surface area (Å²) in [5.41, 5.74) is 0.371. The Labute approximate surface area is 287 Å². The summed E-state index contributed by atoms with van der Waals surface area (Å²) in [5.74, 6) is -2.54. The van der Waals surface area contributed by atoms with Crippen LogP contribution in [0.2, 0.25) is 0 Å². The van der Waals surface area contributed by atoms with Crippen LogP contribution in [0.1, 0.15) is 22.3 Å². The number of fused-ring (bicyclic) bond motifs is 5. The summed E-state index contributed by atoms with van der Waals surface area (Å²) in [6.07, 6.45) is 0. The number of nitro benzene ring substituents is 1. The van der Waals surface area contributed by atoms with Gasteiger partial charge in [0.2, 0.25) is 11.8 Å². The van der Waals surface area contributed by atoms with E-state index in [1.165, 1.54) is 24.3 Å². The minimum Gasteiger partial charge on any atom is -0.497 e. The van der Waals surface area contributed by atoms with Gasteiger partial charge in [-0.2, -0.15) is 0 Å². The van der Waals surface area contributed by atoms with Crippen LogP contribution in [0.25, 0.3) is 11.1 Å². The third-order valence-electron chi connectivity index (χ3n) is 10.5. The number of nitrogens with zero attached hydrogens (tertiary/aromatic N) is 2. The number of Topliss-reactive ketones (excluding diaryl/α,β-unsaturated/α-hetero) is 1. The molecule has 3 aliphatic rings. The number of anilines is 1. The molecular formula is C41H30N2O7. The monoisotopic (exact) mass is 662 g/mol. The first-order valence-corrected chi connectivity index (χ1v) is 16.1. The van der Waals surface area contributed by atoms with Crippen LogP contribution in [0, 0.1) is 22.0 Å². The number of non-ortho nitro benzene ring substituents is 1. The zero-order valence-corrected chi connectivity index (χ0v) is 27.1. The Bertz CT molecular complexity index is 2100. The lowest BCUT2D eigenvalue weighted by molar-refractivity contribution is -0.384. The highest BCUT2D eigenvalue weighted by atomic mass is 16.6. The van der Waals surface area contributed by atoms with Crippen molar-refractivity contribution in [3.05, 3.63) is 166 Å². The van der Waals surface area contributed by atoms with Crippen LogP contribution in [0.4, 0.5) is 11.4 Å². The second kappa shape index (κ2) is 11.4. The van der Waals surface area contributed by atoms with E-state index in [4.69, 9.17) is 9.47 Å². The zero-order chi connectivity index (χ0) is 34.8. The maximum absolute atomic E-state index is 16.0. The Balaban J connectivity index is 1.53. The molecule has 1 aliphatic heterocycles. The lowest BCUT2D eigenvalue weighted by Crippen LogP contribution is -2.45. The minimum absolute atomic E-state index is 0.0823.